The lowest BCUT2D eigenvalue weighted by atomic mass is 10.2. The number of nitro groups is 1. The smallest absolute Gasteiger partial charge is 0.270 e. The lowest BCUT2D eigenvalue weighted by Gasteiger charge is -2.14. The summed E-state index contributed by atoms with van der Waals surface area (Å²) in [5.74, 6) is -0.300. The minimum Gasteiger partial charge on any atom is -0.508 e. The minimum absolute atomic E-state index is 0.0317. The third kappa shape index (κ3) is 3.15. The van der Waals surface area contributed by atoms with Crippen molar-refractivity contribution in [2.24, 2.45) is 0 Å². The number of carbonyl (C=O) groups is 1. The Morgan fingerprint density at radius 3 is 2.67 bits per heavy atom. The fourth-order valence-corrected chi connectivity index (χ4v) is 3.50. The third-order valence-corrected chi connectivity index (χ3v) is 4.56. The number of thioether (sulfide) groups is 1. The molecule has 0 atom stereocenters. The van der Waals surface area contributed by atoms with E-state index in [1.807, 2.05) is 0 Å². The van der Waals surface area contributed by atoms with Gasteiger partial charge in [0.25, 0.3) is 11.6 Å². The molecule has 8 heteroatoms. The number of benzene rings is 2. The number of aromatic hydroxyl groups is 1. The van der Waals surface area contributed by atoms with Crippen LogP contribution in [0, 0.1) is 10.1 Å². The number of thiocarbonyl (C=S) groups is 1. The lowest BCUT2D eigenvalue weighted by Crippen LogP contribution is -2.27. The number of carbonyl (C=O) groups excluding carboxylic acids is 1. The molecule has 1 aliphatic rings. The van der Waals surface area contributed by atoms with Crippen molar-refractivity contribution >= 4 is 51.7 Å². The number of phenols is 1. The highest BCUT2D eigenvalue weighted by atomic mass is 32.2. The summed E-state index contributed by atoms with van der Waals surface area (Å²) in [6, 6.07) is 12.2. The van der Waals surface area contributed by atoms with Gasteiger partial charge in [0.1, 0.15) is 5.75 Å². The second kappa shape index (κ2) is 6.42. The highest BCUT2D eigenvalue weighted by Gasteiger charge is 2.33. The predicted octanol–water partition coefficient (Wildman–Crippen LogP) is 3.71. The zero-order valence-electron chi connectivity index (χ0n) is 12.1. The van der Waals surface area contributed by atoms with Crippen LogP contribution in [0.4, 0.5) is 11.4 Å². The molecule has 6 nitrogen and oxygen atoms in total. The van der Waals surface area contributed by atoms with E-state index in [0.29, 0.717) is 20.5 Å². The fraction of sp³-hybridized carbons (Fsp3) is 0. The summed E-state index contributed by atoms with van der Waals surface area (Å²) in [5.41, 5.74) is 0.966. The van der Waals surface area contributed by atoms with Crippen LogP contribution in [0.1, 0.15) is 5.56 Å². The van der Waals surface area contributed by atoms with Crippen LogP contribution in [-0.2, 0) is 4.79 Å². The van der Waals surface area contributed by atoms with Gasteiger partial charge in [-0.15, -0.1) is 0 Å². The van der Waals surface area contributed by atoms with Crippen molar-refractivity contribution in [2.75, 3.05) is 4.90 Å². The van der Waals surface area contributed by atoms with Crippen molar-refractivity contribution < 1.29 is 14.8 Å². The summed E-state index contributed by atoms with van der Waals surface area (Å²) < 4.78 is 0.335. The molecule has 3 rings (SSSR count). The SMILES string of the molecule is O=C1/C(=C/c2cccc([N+](=O)[O-])c2)SC(=S)N1c1cccc(O)c1. The summed E-state index contributed by atoms with van der Waals surface area (Å²) >= 11 is 6.35. The molecule has 1 amide bonds. The lowest BCUT2D eigenvalue weighted by molar-refractivity contribution is -0.384. The number of hydrogen-bond donors (Lipinski definition) is 1. The predicted molar refractivity (Wildman–Crippen MR) is 96.9 cm³/mol. The zero-order chi connectivity index (χ0) is 17.3. The Morgan fingerprint density at radius 2 is 1.96 bits per heavy atom. The van der Waals surface area contributed by atoms with Crippen LogP contribution < -0.4 is 4.90 Å². The highest BCUT2D eigenvalue weighted by Crippen LogP contribution is 2.37. The van der Waals surface area contributed by atoms with Gasteiger partial charge in [0, 0.05) is 18.2 Å². The fourth-order valence-electron chi connectivity index (χ4n) is 2.20. The van der Waals surface area contributed by atoms with Gasteiger partial charge in [-0.05, 0) is 23.8 Å². The number of nitro benzene ring substituents is 1. The molecule has 1 heterocycles. The summed E-state index contributed by atoms with van der Waals surface area (Å²) in [7, 11) is 0. The molecule has 2 aromatic rings. The molecule has 120 valence electrons. The molecule has 0 saturated carbocycles. The van der Waals surface area contributed by atoms with Gasteiger partial charge in [-0.1, -0.05) is 42.2 Å². The van der Waals surface area contributed by atoms with Crippen LogP contribution in [-0.4, -0.2) is 20.3 Å². The molecule has 0 unspecified atom stereocenters. The van der Waals surface area contributed by atoms with Gasteiger partial charge in [-0.25, -0.2) is 0 Å². The molecule has 0 bridgehead atoms. The van der Waals surface area contributed by atoms with E-state index in [9.17, 15) is 20.0 Å². The van der Waals surface area contributed by atoms with E-state index in [4.69, 9.17) is 12.2 Å². The summed E-state index contributed by atoms with van der Waals surface area (Å²) in [4.78, 5) is 24.6. The van der Waals surface area contributed by atoms with Crippen LogP contribution >= 0.6 is 24.0 Å². The van der Waals surface area contributed by atoms with Gasteiger partial charge in [-0.2, -0.15) is 0 Å². The first kappa shape index (κ1) is 16.2. The van der Waals surface area contributed by atoms with Crippen molar-refractivity contribution in [3.8, 4) is 5.75 Å². The monoisotopic (exact) mass is 358 g/mol. The van der Waals surface area contributed by atoms with Gasteiger partial charge in [0.15, 0.2) is 4.32 Å². The Balaban J connectivity index is 1.94. The molecule has 24 heavy (non-hydrogen) atoms. The molecule has 1 N–H and O–H groups in total. The van der Waals surface area contributed by atoms with E-state index < -0.39 is 4.92 Å². The van der Waals surface area contributed by atoms with Crippen molar-refractivity contribution in [1.29, 1.82) is 0 Å². The average Bonchev–Trinajstić information content (AvgIpc) is 2.81. The minimum atomic E-state index is -0.491. The largest absolute Gasteiger partial charge is 0.508 e. The third-order valence-electron chi connectivity index (χ3n) is 3.26. The van der Waals surface area contributed by atoms with Crippen LogP contribution in [0.2, 0.25) is 0 Å². The van der Waals surface area contributed by atoms with Gasteiger partial charge in [0.05, 0.1) is 15.5 Å². The Bertz CT molecular complexity index is 895. The highest BCUT2D eigenvalue weighted by molar-refractivity contribution is 8.27. The van der Waals surface area contributed by atoms with Gasteiger partial charge >= 0.3 is 0 Å². The number of nitrogens with zero attached hydrogens (tertiary/aromatic N) is 2. The van der Waals surface area contributed by atoms with E-state index in [2.05, 4.69) is 0 Å². The van der Waals surface area contributed by atoms with E-state index >= 15 is 0 Å². The molecule has 2 aromatic carbocycles. The first-order valence-electron chi connectivity index (χ1n) is 6.77. The van der Waals surface area contributed by atoms with E-state index in [1.54, 1.807) is 30.3 Å². The van der Waals surface area contributed by atoms with Crippen molar-refractivity contribution in [3.05, 3.63) is 69.1 Å². The number of amides is 1. The quantitative estimate of drug-likeness (QED) is 0.390. The summed E-state index contributed by atoms with van der Waals surface area (Å²) in [5, 5.41) is 20.4. The molecular weight excluding hydrogens is 348 g/mol. The van der Waals surface area contributed by atoms with Crippen molar-refractivity contribution in [3.63, 3.8) is 0 Å². The Hall–Kier alpha value is -2.71. The van der Waals surface area contributed by atoms with E-state index in [0.717, 1.165) is 11.8 Å². The molecule has 1 saturated heterocycles. The number of non-ortho nitro benzene ring substituents is 1. The van der Waals surface area contributed by atoms with E-state index in [1.165, 1.54) is 29.2 Å². The maximum Gasteiger partial charge on any atom is 0.270 e. The molecule has 0 aliphatic carbocycles. The van der Waals surface area contributed by atoms with Crippen LogP contribution in [0.15, 0.2) is 53.4 Å². The number of anilines is 1. The zero-order valence-corrected chi connectivity index (χ0v) is 13.7. The number of hydrogen-bond acceptors (Lipinski definition) is 6. The maximum absolute atomic E-state index is 12.6. The number of rotatable bonds is 3. The molecule has 0 aromatic heterocycles. The first-order valence-corrected chi connectivity index (χ1v) is 7.99. The maximum atomic E-state index is 12.6. The van der Waals surface area contributed by atoms with Crippen LogP contribution in [0.5, 0.6) is 5.75 Å². The van der Waals surface area contributed by atoms with Crippen LogP contribution in [0.25, 0.3) is 6.08 Å². The number of phenolic OH excluding ortho intramolecular Hbond substituents is 1. The molecule has 1 aliphatic heterocycles. The Morgan fingerprint density at radius 1 is 1.21 bits per heavy atom. The standard InChI is InChI=1S/C16H10N2O4S2/c19-13-6-2-4-11(9-13)17-15(20)14(24-16(17)23)8-10-3-1-5-12(7-10)18(21)22/h1-9,19H/b14-8-. The second-order valence-corrected chi connectivity index (χ2v) is 6.56. The Kier molecular flexibility index (Phi) is 4.32. The normalized spacial score (nSPS) is 16.0. The average molecular weight is 358 g/mol. The van der Waals surface area contributed by atoms with Gasteiger partial charge in [0.2, 0.25) is 0 Å². The summed E-state index contributed by atoms with van der Waals surface area (Å²) in [6.45, 7) is 0. The van der Waals surface area contributed by atoms with E-state index in [-0.39, 0.29) is 17.3 Å². The van der Waals surface area contributed by atoms with Crippen molar-refractivity contribution in [2.45, 2.75) is 0 Å². The topological polar surface area (TPSA) is 83.7 Å². The van der Waals surface area contributed by atoms with Crippen molar-refractivity contribution in [1.82, 2.24) is 0 Å². The van der Waals surface area contributed by atoms with Gasteiger partial charge in [-0.3, -0.25) is 19.8 Å². The molecule has 1 fully saturated rings. The van der Waals surface area contributed by atoms with Gasteiger partial charge < -0.3 is 5.11 Å². The van der Waals surface area contributed by atoms with Crippen LogP contribution in [0.3, 0.4) is 0 Å². The molecule has 0 spiro atoms. The second-order valence-electron chi connectivity index (χ2n) is 4.89. The summed E-state index contributed by atoms with van der Waals surface area (Å²) in [6.07, 6.45) is 1.56. The molecular formula is C16H10N2O4S2. The first-order chi connectivity index (χ1) is 11.5. The molecule has 0 radical (unpaired) electrons. The Labute approximate surface area is 146 Å².